The number of aromatic carboxylic acids is 1. The predicted molar refractivity (Wildman–Crippen MR) is 74.1 cm³/mol. The van der Waals surface area contributed by atoms with Gasteiger partial charge in [0, 0.05) is 13.5 Å². The molecule has 1 aromatic carbocycles. The molecule has 2 N–H and O–H groups in total. The van der Waals surface area contributed by atoms with E-state index in [1.54, 1.807) is 29.9 Å². The summed E-state index contributed by atoms with van der Waals surface area (Å²) in [6, 6.07) is 4.65. The van der Waals surface area contributed by atoms with Gasteiger partial charge in [0.15, 0.2) is 0 Å². The van der Waals surface area contributed by atoms with E-state index in [0.717, 1.165) is 5.82 Å². The first-order valence-corrected chi connectivity index (χ1v) is 6.46. The number of fused-ring (bicyclic) bond motifs is 1. The number of hydrogen-bond acceptors (Lipinski definition) is 4. The van der Waals surface area contributed by atoms with Crippen molar-refractivity contribution in [2.24, 2.45) is 0 Å². The van der Waals surface area contributed by atoms with E-state index in [2.05, 4.69) is 4.98 Å². The summed E-state index contributed by atoms with van der Waals surface area (Å²) in [5.41, 5.74) is 1.34. The Labute approximate surface area is 116 Å². The fraction of sp³-hybridized carbons (Fsp3) is 0.429. The third-order valence-electron chi connectivity index (χ3n) is 3.26. The standard InChI is InChI=1S/C14H18N2O4/c1-3-12-15-11-6-4-5-10(14(18)19)13(11)16(12)9(7-17)8-20-2/h4-6,9,17H,3,7-8H2,1-2H3,(H,18,19). The Kier molecular flexibility index (Phi) is 4.36. The van der Waals surface area contributed by atoms with Crippen molar-refractivity contribution in [1.82, 2.24) is 9.55 Å². The van der Waals surface area contributed by atoms with Gasteiger partial charge in [-0.05, 0) is 12.1 Å². The van der Waals surface area contributed by atoms with Gasteiger partial charge < -0.3 is 19.5 Å². The zero-order valence-electron chi connectivity index (χ0n) is 11.5. The molecular weight excluding hydrogens is 260 g/mol. The van der Waals surface area contributed by atoms with Crippen LogP contribution >= 0.6 is 0 Å². The number of benzene rings is 1. The van der Waals surface area contributed by atoms with Gasteiger partial charge >= 0.3 is 5.97 Å². The Morgan fingerprint density at radius 3 is 2.80 bits per heavy atom. The summed E-state index contributed by atoms with van der Waals surface area (Å²) in [7, 11) is 1.55. The minimum absolute atomic E-state index is 0.139. The Morgan fingerprint density at radius 2 is 2.25 bits per heavy atom. The van der Waals surface area contributed by atoms with Gasteiger partial charge in [-0.25, -0.2) is 9.78 Å². The quantitative estimate of drug-likeness (QED) is 0.836. The number of methoxy groups -OCH3 is 1. The Bertz CT molecular complexity index is 621. The number of ether oxygens (including phenoxy) is 1. The van der Waals surface area contributed by atoms with E-state index in [-0.39, 0.29) is 18.2 Å². The maximum atomic E-state index is 11.4. The molecule has 0 saturated heterocycles. The molecule has 0 amide bonds. The number of carboxylic acids is 1. The van der Waals surface area contributed by atoms with Crippen molar-refractivity contribution in [2.75, 3.05) is 20.3 Å². The first-order valence-electron chi connectivity index (χ1n) is 6.46. The van der Waals surface area contributed by atoms with Crippen LogP contribution in [0.25, 0.3) is 11.0 Å². The summed E-state index contributed by atoms with van der Waals surface area (Å²) in [6.07, 6.45) is 0.647. The highest BCUT2D eigenvalue weighted by atomic mass is 16.5. The molecule has 0 fully saturated rings. The van der Waals surface area contributed by atoms with E-state index in [1.807, 2.05) is 6.92 Å². The SMILES string of the molecule is CCc1nc2cccc(C(=O)O)c2n1C(CO)COC. The molecule has 20 heavy (non-hydrogen) atoms. The van der Waals surface area contributed by atoms with Crippen LogP contribution in [0.5, 0.6) is 0 Å². The largest absolute Gasteiger partial charge is 0.478 e. The van der Waals surface area contributed by atoms with Crippen LogP contribution in [0, 0.1) is 0 Å². The van der Waals surface area contributed by atoms with Gasteiger partial charge in [-0.1, -0.05) is 13.0 Å². The lowest BCUT2D eigenvalue weighted by molar-refractivity contribution is 0.0697. The highest BCUT2D eigenvalue weighted by Crippen LogP contribution is 2.25. The maximum Gasteiger partial charge on any atom is 0.337 e. The normalized spacial score (nSPS) is 12.8. The van der Waals surface area contributed by atoms with Crippen molar-refractivity contribution in [1.29, 1.82) is 0 Å². The van der Waals surface area contributed by atoms with Crippen LogP contribution in [0.4, 0.5) is 0 Å². The molecule has 6 nitrogen and oxygen atoms in total. The number of aliphatic hydroxyl groups is 1. The highest BCUT2D eigenvalue weighted by Gasteiger charge is 2.22. The highest BCUT2D eigenvalue weighted by molar-refractivity contribution is 6.01. The molecule has 108 valence electrons. The first kappa shape index (κ1) is 14.5. The van der Waals surface area contributed by atoms with Crippen LogP contribution in [0.2, 0.25) is 0 Å². The van der Waals surface area contributed by atoms with E-state index in [1.165, 1.54) is 0 Å². The number of para-hydroxylation sites is 1. The maximum absolute atomic E-state index is 11.4. The third-order valence-corrected chi connectivity index (χ3v) is 3.26. The first-order chi connectivity index (χ1) is 9.63. The second-order valence-corrected chi connectivity index (χ2v) is 4.52. The Hall–Kier alpha value is -1.92. The van der Waals surface area contributed by atoms with Gasteiger partial charge in [0.1, 0.15) is 5.82 Å². The lowest BCUT2D eigenvalue weighted by Crippen LogP contribution is -2.21. The summed E-state index contributed by atoms with van der Waals surface area (Å²) < 4.78 is 6.89. The molecule has 0 radical (unpaired) electrons. The molecular formula is C14H18N2O4. The average Bonchev–Trinajstić information content (AvgIpc) is 2.82. The fourth-order valence-electron chi connectivity index (χ4n) is 2.41. The van der Waals surface area contributed by atoms with Crippen molar-refractivity contribution < 1.29 is 19.7 Å². The number of aromatic nitrogens is 2. The number of aliphatic hydroxyl groups excluding tert-OH is 1. The minimum Gasteiger partial charge on any atom is -0.478 e. The number of hydrogen-bond donors (Lipinski definition) is 2. The van der Waals surface area contributed by atoms with Gasteiger partial charge in [-0.15, -0.1) is 0 Å². The van der Waals surface area contributed by atoms with Gasteiger partial charge in [0.2, 0.25) is 0 Å². The van der Waals surface area contributed by atoms with Crippen LogP contribution in [-0.2, 0) is 11.2 Å². The molecule has 0 saturated carbocycles. The smallest absolute Gasteiger partial charge is 0.337 e. The molecule has 0 bridgehead atoms. The number of carboxylic acid groups (broad SMARTS) is 1. The second kappa shape index (κ2) is 6.02. The summed E-state index contributed by atoms with van der Waals surface area (Å²) in [5.74, 6) is -0.265. The molecule has 1 heterocycles. The minimum atomic E-state index is -1.01. The molecule has 1 atom stereocenters. The number of aryl methyl sites for hydroxylation is 1. The fourth-order valence-corrected chi connectivity index (χ4v) is 2.41. The monoisotopic (exact) mass is 278 g/mol. The van der Waals surface area contributed by atoms with Gasteiger partial charge in [-0.2, -0.15) is 0 Å². The lowest BCUT2D eigenvalue weighted by Gasteiger charge is -2.19. The Balaban J connectivity index is 2.74. The van der Waals surface area contributed by atoms with Gasteiger partial charge in [0.05, 0.1) is 35.9 Å². The Morgan fingerprint density at radius 1 is 1.50 bits per heavy atom. The van der Waals surface area contributed by atoms with E-state index in [0.29, 0.717) is 24.1 Å². The van der Waals surface area contributed by atoms with Crippen LogP contribution < -0.4 is 0 Å². The predicted octanol–water partition coefficient (Wildman–Crippen LogP) is 1.48. The van der Waals surface area contributed by atoms with Crippen LogP contribution in [-0.4, -0.2) is 46.1 Å². The molecule has 2 aromatic rings. The summed E-state index contributed by atoms with van der Waals surface area (Å²) in [5, 5.41) is 18.9. The number of nitrogens with zero attached hydrogens (tertiary/aromatic N) is 2. The zero-order chi connectivity index (χ0) is 14.7. The van der Waals surface area contributed by atoms with Crippen molar-refractivity contribution in [3.8, 4) is 0 Å². The molecule has 6 heteroatoms. The van der Waals surface area contributed by atoms with Crippen molar-refractivity contribution in [3.05, 3.63) is 29.6 Å². The van der Waals surface area contributed by atoms with E-state index in [4.69, 9.17) is 4.74 Å². The third kappa shape index (κ3) is 2.39. The van der Waals surface area contributed by atoms with Crippen molar-refractivity contribution in [2.45, 2.75) is 19.4 Å². The van der Waals surface area contributed by atoms with Crippen LogP contribution in [0.15, 0.2) is 18.2 Å². The van der Waals surface area contributed by atoms with Crippen LogP contribution in [0.1, 0.15) is 29.1 Å². The summed E-state index contributed by atoms with van der Waals surface area (Å²) in [4.78, 5) is 15.9. The molecule has 0 aliphatic rings. The number of carbonyl (C=O) groups is 1. The van der Waals surface area contributed by atoms with Crippen molar-refractivity contribution in [3.63, 3.8) is 0 Å². The topological polar surface area (TPSA) is 84.6 Å². The summed E-state index contributed by atoms with van der Waals surface area (Å²) >= 11 is 0. The second-order valence-electron chi connectivity index (χ2n) is 4.52. The molecule has 0 spiro atoms. The molecule has 0 aliphatic heterocycles. The van der Waals surface area contributed by atoms with Gasteiger partial charge in [0.25, 0.3) is 0 Å². The van der Waals surface area contributed by atoms with Gasteiger partial charge in [-0.3, -0.25) is 0 Å². The summed E-state index contributed by atoms with van der Waals surface area (Å²) in [6.45, 7) is 2.10. The van der Waals surface area contributed by atoms with E-state index >= 15 is 0 Å². The van der Waals surface area contributed by atoms with Crippen molar-refractivity contribution >= 4 is 17.0 Å². The molecule has 1 unspecified atom stereocenters. The zero-order valence-corrected chi connectivity index (χ0v) is 11.5. The molecule has 1 aromatic heterocycles. The van der Waals surface area contributed by atoms with E-state index < -0.39 is 5.97 Å². The molecule has 2 rings (SSSR count). The molecule has 0 aliphatic carbocycles. The van der Waals surface area contributed by atoms with Crippen LogP contribution in [0.3, 0.4) is 0 Å². The average molecular weight is 278 g/mol. The number of rotatable bonds is 6. The van der Waals surface area contributed by atoms with E-state index in [9.17, 15) is 15.0 Å². The number of imidazole rings is 1. The lowest BCUT2D eigenvalue weighted by atomic mass is 10.1.